The molecule has 0 bridgehead atoms. The Morgan fingerprint density at radius 1 is 1.00 bits per heavy atom. The van der Waals surface area contributed by atoms with Gasteiger partial charge in [-0.3, -0.25) is 14.5 Å². The van der Waals surface area contributed by atoms with Crippen molar-refractivity contribution in [2.45, 2.75) is 20.4 Å². The summed E-state index contributed by atoms with van der Waals surface area (Å²) in [6, 6.07) is 16.9. The van der Waals surface area contributed by atoms with E-state index in [1.165, 1.54) is 0 Å². The van der Waals surface area contributed by atoms with Crippen molar-refractivity contribution in [2.75, 3.05) is 25.0 Å². The maximum absolute atomic E-state index is 12.4. The van der Waals surface area contributed by atoms with Gasteiger partial charge >= 0.3 is 0 Å². The zero-order valence-electron chi connectivity index (χ0n) is 14.8. The van der Waals surface area contributed by atoms with Crippen molar-refractivity contribution in [1.82, 2.24) is 10.2 Å². The smallest absolute Gasteiger partial charge is 0.255 e. The number of carbonyl (C=O) groups is 2. The maximum Gasteiger partial charge on any atom is 0.255 e. The zero-order chi connectivity index (χ0) is 18.1. The van der Waals surface area contributed by atoms with E-state index in [1.54, 1.807) is 6.07 Å². The number of para-hydroxylation sites is 1. The SMILES string of the molecule is CCNC(=O)CN(CC)Cc1cccc(C(=O)Nc2ccccc2)c1. The number of likely N-dealkylation sites (N-methyl/N-ethyl adjacent to an activating group) is 2. The quantitative estimate of drug-likeness (QED) is 0.777. The molecule has 5 nitrogen and oxygen atoms in total. The Morgan fingerprint density at radius 2 is 1.76 bits per heavy atom. The molecule has 5 heteroatoms. The molecule has 0 spiro atoms. The molecule has 0 atom stereocenters. The molecule has 0 aliphatic carbocycles. The van der Waals surface area contributed by atoms with E-state index in [4.69, 9.17) is 0 Å². The van der Waals surface area contributed by atoms with Gasteiger partial charge in [0.15, 0.2) is 0 Å². The van der Waals surface area contributed by atoms with Crippen molar-refractivity contribution in [3.8, 4) is 0 Å². The minimum atomic E-state index is -0.139. The lowest BCUT2D eigenvalue weighted by atomic mass is 10.1. The lowest BCUT2D eigenvalue weighted by Crippen LogP contribution is -2.36. The van der Waals surface area contributed by atoms with Gasteiger partial charge in [0.1, 0.15) is 0 Å². The summed E-state index contributed by atoms with van der Waals surface area (Å²) >= 11 is 0. The number of amides is 2. The van der Waals surface area contributed by atoms with Gasteiger partial charge in [0.25, 0.3) is 5.91 Å². The molecule has 2 amide bonds. The summed E-state index contributed by atoms with van der Waals surface area (Å²) in [5, 5.41) is 5.69. The highest BCUT2D eigenvalue weighted by Crippen LogP contribution is 2.12. The van der Waals surface area contributed by atoms with Gasteiger partial charge in [-0.1, -0.05) is 37.3 Å². The highest BCUT2D eigenvalue weighted by atomic mass is 16.2. The van der Waals surface area contributed by atoms with E-state index in [-0.39, 0.29) is 11.8 Å². The maximum atomic E-state index is 12.4. The molecule has 2 N–H and O–H groups in total. The molecule has 0 saturated heterocycles. The molecule has 25 heavy (non-hydrogen) atoms. The van der Waals surface area contributed by atoms with Crippen LogP contribution in [0.1, 0.15) is 29.8 Å². The topological polar surface area (TPSA) is 61.4 Å². The lowest BCUT2D eigenvalue weighted by molar-refractivity contribution is -0.122. The van der Waals surface area contributed by atoms with E-state index in [2.05, 4.69) is 10.6 Å². The Labute approximate surface area is 149 Å². The Morgan fingerprint density at radius 3 is 2.44 bits per heavy atom. The Balaban J connectivity index is 2.02. The molecule has 2 aromatic rings. The molecule has 0 radical (unpaired) electrons. The average Bonchev–Trinajstić information content (AvgIpc) is 2.62. The fourth-order valence-corrected chi connectivity index (χ4v) is 2.53. The normalized spacial score (nSPS) is 10.5. The Hall–Kier alpha value is -2.66. The first-order valence-electron chi connectivity index (χ1n) is 8.56. The monoisotopic (exact) mass is 339 g/mol. The van der Waals surface area contributed by atoms with Gasteiger partial charge < -0.3 is 10.6 Å². The molecule has 0 fully saturated rings. The molecule has 132 valence electrons. The molecule has 0 aliphatic heterocycles. The van der Waals surface area contributed by atoms with Gasteiger partial charge in [-0.05, 0) is 43.3 Å². The third-order valence-corrected chi connectivity index (χ3v) is 3.82. The summed E-state index contributed by atoms with van der Waals surface area (Å²) in [7, 11) is 0. The summed E-state index contributed by atoms with van der Waals surface area (Å²) in [5.41, 5.74) is 2.38. The van der Waals surface area contributed by atoms with Crippen LogP contribution in [0.5, 0.6) is 0 Å². The second-order valence-corrected chi connectivity index (χ2v) is 5.78. The summed E-state index contributed by atoms with van der Waals surface area (Å²) in [6.07, 6.45) is 0. The van der Waals surface area contributed by atoms with E-state index >= 15 is 0 Å². The van der Waals surface area contributed by atoms with Crippen molar-refractivity contribution in [1.29, 1.82) is 0 Å². The molecule has 0 saturated carbocycles. The number of benzene rings is 2. The van der Waals surface area contributed by atoms with Crippen molar-refractivity contribution in [2.24, 2.45) is 0 Å². The van der Waals surface area contributed by atoms with E-state index in [1.807, 2.05) is 67.3 Å². The van der Waals surface area contributed by atoms with Crippen LogP contribution in [0.25, 0.3) is 0 Å². The largest absolute Gasteiger partial charge is 0.355 e. The van der Waals surface area contributed by atoms with E-state index < -0.39 is 0 Å². The van der Waals surface area contributed by atoms with Crippen molar-refractivity contribution < 1.29 is 9.59 Å². The molecule has 0 heterocycles. The first-order chi connectivity index (χ1) is 12.1. The summed E-state index contributed by atoms with van der Waals surface area (Å²) in [4.78, 5) is 26.2. The number of hydrogen-bond donors (Lipinski definition) is 2. The number of nitrogens with one attached hydrogen (secondary N) is 2. The summed E-state index contributed by atoms with van der Waals surface area (Å²) < 4.78 is 0. The van der Waals surface area contributed by atoms with Crippen LogP contribution in [0.2, 0.25) is 0 Å². The fraction of sp³-hybridized carbons (Fsp3) is 0.300. The third kappa shape index (κ3) is 6.04. The molecular weight excluding hydrogens is 314 g/mol. The number of anilines is 1. The van der Waals surface area contributed by atoms with Crippen LogP contribution in [0.15, 0.2) is 54.6 Å². The van der Waals surface area contributed by atoms with E-state index in [0.717, 1.165) is 17.8 Å². The second-order valence-electron chi connectivity index (χ2n) is 5.78. The third-order valence-electron chi connectivity index (χ3n) is 3.82. The molecule has 0 aliphatic rings. The number of hydrogen-bond acceptors (Lipinski definition) is 3. The van der Waals surface area contributed by atoms with Crippen molar-refractivity contribution in [3.63, 3.8) is 0 Å². The number of nitrogens with zero attached hydrogens (tertiary/aromatic N) is 1. The molecule has 0 aromatic heterocycles. The first-order valence-corrected chi connectivity index (χ1v) is 8.56. The summed E-state index contributed by atoms with van der Waals surface area (Å²) in [6.45, 7) is 6.29. The van der Waals surface area contributed by atoms with Gasteiger partial charge in [0, 0.05) is 24.3 Å². The van der Waals surface area contributed by atoms with Crippen molar-refractivity contribution >= 4 is 17.5 Å². The minimum Gasteiger partial charge on any atom is -0.355 e. The van der Waals surface area contributed by atoms with Crippen LogP contribution in [-0.4, -0.2) is 36.3 Å². The number of carbonyl (C=O) groups excluding carboxylic acids is 2. The molecule has 2 aromatic carbocycles. The van der Waals surface area contributed by atoms with Crippen LogP contribution >= 0.6 is 0 Å². The summed E-state index contributed by atoms with van der Waals surface area (Å²) in [5.74, 6) is -0.123. The predicted molar refractivity (Wildman–Crippen MR) is 100 cm³/mol. The highest BCUT2D eigenvalue weighted by Gasteiger charge is 2.11. The van der Waals surface area contributed by atoms with Crippen LogP contribution in [0.3, 0.4) is 0 Å². The molecule has 0 unspecified atom stereocenters. The lowest BCUT2D eigenvalue weighted by Gasteiger charge is -2.20. The first kappa shape index (κ1) is 18.7. The minimum absolute atomic E-state index is 0.0160. The number of rotatable bonds is 8. The van der Waals surface area contributed by atoms with E-state index in [0.29, 0.717) is 25.2 Å². The Bertz CT molecular complexity index is 701. The second kappa shape index (κ2) is 9.59. The van der Waals surface area contributed by atoms with Gasteiger partial charge in [0.2, 0.25) is 5.91 Å². The Kier molecular flexibility index (Phi) is 7.16. The van der Waals surface area contributed by atoms with Crippen LogP contribution < -0.4 is 10.6 Å². The van der Waals surface area contributed by atoms with Gasteiger partial charge in [-0.2, -0.15) is 0 Å². The van der Waals surface area contributed by atoms with Crippen LogP contribution in [0, 0.1) is 0 Å². The van der Waals surface area contributed by atoms with Crippen LogP contribution in [-0.2, 0) is 11.3 Å². The zero-order valence-corrected chi connectivity index (χ0v) is 14.8. The van der Waals surface area contributed by atoms with E-state index in [9.17, 15) is 9.59 Å². The molecule has 2 rings (SSSR count). The standard InChI is InChI=1S/C20H25N3O2/c1-3-21-19(24)15-23(4-2)14-16-9-8-10-17(13-16)20(25)22-18-11-6-5-7-12-18/h5-13H,3-4,14-15H2,1-2H3,(H,21,24)(H,22,25). The highest BCUT2D eigenvalue weighted by molar-refractivity contribution is 6.04. The van der Waals surface area contributed by atoms with Crippen LogP contribution in [0.4, 0.5) is 5.69 Å². The molecular formula is C20H25N3O2. The van der Waals surface area contributed by atoms with Gasteiger partial charge in [-0.15, -0.1) is 0 Å². The average molecular weight is 339 g/mol. The van der Waals surface area contributed by atoms with Gasteiger partial charge in [0.05, 0.1) is 6.54 Å². The fourth-order valence-electron chi connectivity index (χ4n) is 2.53. The van der Waals surface area contributed by atoms with Gasteiger partial charge in [-0.25, -0.2) is 0 Å². The van der Waals surface area contributed by atoms with Crippen molar-refractivity contribution in [3.05, 3.63) is 65.7 Å². The predicted octanol–water partition coefficient (Wildman–Crippen LogP) is 2.90.